The van der Waals surface area contributed by atoms with E-state index >= 15 is 0 Å². The Kier molecular flexibility index (Phi) is 5.49. The van der Waals surface area contributed by atoms with Crippen LogP contribution in [0.5, 0.6) is 0 Å². The Hall–Kier alpha value is -2.40. The fourth-order valence-electron chi connectivity index (χ4n) is 1.68. The lowest BCUT2D eigenvalue weighted by Gasteiger charge is -2.07. The van der Waals surface area contributed by atoms with Crippen LogP contribution in [0.1, 0.15) is 15.9 Å². The summed E-state index contributed by atoms with van der Waals surface area (Å²) in [7, 11) is 0. The van der Waals surface area contributed by atoms with Gasteiger partial charge in [-0.15, -0.1) is 0 Å². The molecule has 4 nitrogen and oxygen atoms in total. The summed E-state index contributed by atoms with van der Waals surface area (Å²) in [4.78, 5) is 23.3. The maximum atomic E-state index is 12.7. The summed E-state index contributed by atoms with van der Waals surface area (Å²) in [6.45, 7) is -0.166. The summed E-state index contributed by atoms with van der Waals surface area (Å²) in [5.74, 6) is -1.41. The second-order valence-corrected chi connectivity index (χ2v) is 4.93. The van der Waals surface area contributed by atoms with E-state index in [0.717, 1.165) is 5.56 Å². The SMILES string of the molecule is O=C(COC(=O)c1cccc(Cl)c1)NCc1ccc(F)cc1. The number of esters is 1. The van der Waals surface area contributed by atoms with Crippen molar-refractivity contribution in [2.45, 2.75) is 6.54 Å². The maximum Gasteiger partial charge on any atom is 0.338 e. The van der Waals surface area contributed by atoms with E-state index in [1.54, 1.807) is 30.3 Å². The number of benzene rings is 2. The minimum absolute atomic E-state index is 0.230. The van der Waals surface area contributed by atoms with Gasteiger partial charge in [-0.2, -0.15) is 0 Å². The van der Waals surface area contributed by atoms with Crippen molar-refractivity contribution in [3.8, 4) is 0 Å². The third-order valence-electron chi connectivity index (χ3n) is 2.80. The third-order valence-corrected chi connectivity index (χ3v) is 3.03. The van der Waals surface area contributed by atoms with Gasteiger partial charge in [0.2, 0.25) is 0 Å². The fraction of sp³-hybridized carbons (Fsp3) is 0.125. The first-order valence-electron chi connectivity index (χ1n) is 6.48. The van der Waals surface area contributed by atoms with E-state index in [1.807, 2.05) is 0 Å². The van der Waals surface area contributed by atoms with Crippen LogP contribution < -0.4 is 5.32 Å². The highest BCUT2D eigenvalue weighted by Crippen LogP contribution is 2.11. The molecule has 0 bridgehead atoms. The van der Waals surface area contributed by atoms with Crippen molar-refractivity contribution < 1.29 is 18.7 Å². The normalized spacial score (nSPS) is 10.1. The van der Waals surface area contributed by atoms with Crippen LogP contribution in [0.25, 0.3) is 0 Å². The summed E-state index contributed by atoms with van der Waals surface area (Å²) in [5.41, 5.74) is 1.02. The molecule has 1 N–H and O–H groups in total. The Balaban J connectivity index is 1.78. The van der Waals surface area contributed by atoms with Crippen LogP contribution in [0.15, 0.2) is 48.5 Å². The zero-order chi connectivity index (χ0) is 15.9. The topological polar surface area (TPSA) is 55.4 Å². The molecule has 2 rings (SSSR count). The van der Waals surface area contributed by atoms with Crippen molar-refractivity contribution in [2.75, 3.05) is 6.61 Å². The highest BCUT2D eigenvalue weighted by molar-refractivity contribution is 6.30. The highest BCUT2D eigenvalue weighted by atomic mass is 35.5. The van der Waals surface area contributed by atoms with Crippen LogP contribution in [0, 0.1) is 5.82 Å². The van der Waals surface area contributed by atoms with E-state index < -0.39 is 18.5 Å². The van der Waals surface area contributed by atoms with Gasteiger partial charge in [0, 0.05) is 11.6 Å². The van der Waals surface area contributed by atoms with Crippen LogP contribution in [-0.2, 0) is 16.1 Å². The van der Waals surface area contributed by atoms with Gasteiger partial charge >= 0.3 is 5.97 Å². The summed E-state index contributed by atoms with van der Waals surface area (Å²) >= 11 is 5.77. The number of rotatable bonds is 5. The van der Waals surface area contributed by atoms with Crippen molar-refractivity contribution in [1.82, 2.24) is 5.32 Å². The van der Waals surface area contributed by atoms with Gasteiger partial charge in [0.15, 0.2) is 6.61 Å². The maximum absolute atomic E-state index is 12.7. The molecule has 22 heavy (non-hydrogen) atoms. The van der Waals surface area contributed by atoms with Gasteiger partial charge < -0.3 is 10.1 Å². The van der Waals surface area contributed by atoms with Crippen LogP contribution in [0.4, 0.5) is 4.39 Å². The second-order valence-electron chi connectivity index (χ2n) is 4.49. The van der Waals surface area contributed by atoms with Crippen LogP contribution in [0.2, 0.25) is 5.02 Å². The molecule has 0 aliphatic carbocycles. The average molecular weight is 322 g/mol. The molecule has 0 unspecified atom stereocenters. The van der Waals surface area contributed by atoms with Gasteiger partial charge in [-0.3, -0.25) is 4.79 Å². The second kappa shape index (κ2) is 7.56. The predicted octanol–water partition coefficient (Wildman–Crippen LogP) is 2.95. The number of nitrogens with one attached hydrogen (secondary N) is 1. The Morgan fingerprint density at radius 1 is 1.14 bits per heavy atom. The first kappa shape index (κ1) is 16.0. The van der Waals surface area contributed by atoms with Gasteiger partial charge in [-0.25, -0.2) is 9.18 Å². The van der Waals surface area contributed by atoms with E-state index in [0.29, 0.717) is 5.02 Å². The largest absolute Gasteiger partial charge is 0.452 e. The molecule has 0 atom stereocenters. The average Bonchev–Trinajstić information content (AvgIpc) is 2.52. The minimum Gasteiger partial charge on any atom is -0.452 e. The van der Waals surface area contributed by atoms with Gasteiger partial charge in [0.25, 0.3) is 5.91 Å². The van der Waals surface area contributed by atoms with Gasteiger partial charge in [0.1, 0.15) is 5.82 Å². The lowest BCUT2D eigenvalue weighted by Crippen LogP contribution is -2.28. The molecule has 6 heteroatoms. The molecule has 0 heterocycles. The van der Waals surface area contributed by atoms with Crippen molar-refractivity contribution in [1.29, 1.82) is 0 Å². The summed E-state index contributed by atoms with van der Waals surface area (Å²) in [6, 6.07) is 12.0. The first-order valence-corrected chi connectivity index (χ1v) is 6.86. The number of ether oxygens (including phenoxy) is 1. The molecule has 0 aliphatic rings. The zero-order valence-electron chi connectivity index (χ0n) is 11.5. The summed E-state index contributed by atoms with van der Waals surface area (Å²) in [5, 5.41) is 2.98. The molecule has 0 aliphatic heterocycles. The molecular formula is C16H13ClFNO3. The Morgan fingerprint density at radius 3 is 2.55 bits per heavy atom. The standard InChI is InChI=1S/C16H13ClFNO3/c17-13-3-1-2-12(8-13)16(21)22-10-15(20)19-9-11-4-6-14(18)7-5-11/h1-8H,9-10H2,(H,19,20). The van der Waals surface area contributed by atoms with Crippen molar-refractivity contribution in [2.24, 2.45) is 0 Å². The molecule has 0 saturated heterocycles. The molecule has 114 valence electrons. The van der Waals surface area contributed by atoms with E-state index in [1.165, 1.54) is 18.2 Å². The summed E-state index contributed by atoms with van der Waals surface area (Å²) in [6.07, 6.45) is 0. The molecular weight excluding hydrogens is 309 g/mol. The lowest BCUT2D eigenvalue weighted by atomic mass is 10.2. The number of carbonyl (C=O) groups excluding carboxylic acids is 2. The Morgan fingerprint density at radius 2 is 1.86 bits per heavy atom. The molecule has 2 aromatic carbocycles. The van der Waals surface area contributed by atoms with E-state index in [4.69, 9.17) is 16.3 Å². The summed E-state index contributed by atoms with van der Waals surface area (Å²) < 4.78 is 17.6. The molecule has 2 aromatic rings. The first-order chi connectivity index (χ1) is 10.5. The predicted molar refractivity (Wildman–Crippen MR) is 80.0 cm³/mol. The molecule has 1 amide bonds. The zero-order valence-corrected chi connectivity index (χ0v) is 12.3. The van der Waals surface area contributed by atoms with E-state index in [9.17, 15) is 14.0 Å². The minimum atomic E-state index is -0.626. The van der Waals surface area contributed by atoms with E-state index in [2.05, 4.69) is 5.32 Å². The van der Waals surface area contributed by atoms with Crippen molar-refractivity contribution >= 4 is 23.5 Å². The van der Waals surface area contributed by atoms with Gasteiger partial charge in [-0.05, 0) is 35.9 Å². The smallest absolute Gasteiger partial charge is 0.338 e. The quantitative estimate of drug-likeness (QED) is 0.861. The molecule has 0 aromatic heterocycles. The highest BCUT2D eigenvalue weighted by Gasteiger charge is 2.10. The number of halogens is 2. The number of carbonyl (C=O) groups is 2. The molecule has 0 radical (unpaired) electrons. The number of hydrogen-bond acceptors (Lipinski definition) is 3. The van der Waals surface area contributed by atoms with Gasteiger partial charge in [0.05, 0.1) is 5.56 Å². The van der Waals surface area contributed by atoms with Crippen LogP contribution in [-0.4, -0.2) is 18.5 Å². The number of amides is 1. The molecule has 0 spiro atoms. The van der Waals surface area contributed by atoms with Gasteiger partial charge in [-0.1, -0.05) is 29.8 Å². The monoisotopic (exact) mass is 321 g/mol. The Labute approximate surface area is 131 Å². The Bertz CT molecular complexity index is 673. The lowest BCUT2D eigenvalue weighted by molar-refractivity contribution is -0.124. The van der Waals surface area contributed by atoms with Crippen LogP contribution >= 0.6 is 11.6 Å². The van der Waals surface area contributed by atoms with E-state index in [-0.39, 0.29) is 17.9 Å². The number of hydrogen-bond donors (Lipinski definition) is 1. The molecule has 0 fully saturated rings. The van der Waals surface area contributed by atoms with Crippen LogP contribution in [0.3, 0.4) is 0 Å². The molecule has 0 saturated carbocycles. The van der Waals surface area contributed by atoms with Crippen molar-refractivity contribution in [3.63, 3.8) is 0 Å². The van der Waals surface area contributed by atoms with Crippen molar-refractivity contribution in [3.05, 3.63) is 70.5 Å². The fourth-order valence-corrected chi connectivity index (χ4v) is 1.87. The third kappa shape index (κ3) is 4.86.